The number of hydrogen-bond acceptors (Lipinski definition) is 6. The summed E-state index contributed by atoms with van der Waals surface area (Å²) in [6.07, 6.45) is 3.32. The molecule has 0 bridgehead atoms. The number of rotatable bonds is 7. The number of nitrogens with one attached hydrogen (secondary N) is 1. The minimum absolute atomic E-state index is 0.0726. The van der Waals surface area contributed by atoms with E-state index in [0.717, 1.165) is 11.4 Å². The van der Waals surface area contributed by atoms with Gasteiger partial charge >= 0.3 is 0 Å². The SMILES string of the molecule is CC(C)Oc1cncc(NCCOc2ccc(N)cc2)n1. The molecule has 21 heavy (non-hydrogen) atoms. The predicted octanol–water partition coefficient (Wildman–Crippen LogP) is 2.34. The number of ether oxygens (including phenoxy) is 2. The summed E-state index contributed by atoms with van der Waals surface area (Å²) in [5, 5.41) is 3.14. The number of nitrogen functional groups attached to an aromatic ring is 1. The molecule has 0 aliphatic rings. The van der Waals surface area contributed by atoms with E-state index in [1.165, 1.54) is 0 Å². The van der Waals surface area contributed by atoms with E-state index in [2.05, 4.69) is 15.3 Å². The monoisotopic (exact) mass is 288 g/mol. The van der Waals surface area contributed by atoms with E-state index in [9.17, 15) is 0 Å². The van der Waals surface area contributed by atoms with E-state index < -0.39 is 0 Å². The maximum Gasteiger partial charge on any atom is 0.234 e. The van der Waals surface area contributed by atoms with Gasteiger partial charge < -0.3 is 20.5 Å². The highest BCUT2D eigenvalue weighted by molar-refractivity contribution is 5.41. The van der Waals surface area contributed by atoms with E-state index in [4.69, 9.17) is 15.2 Å². The largest absolute Gasteiger partial charge is 0.492 e. The zero-order valence-electron chi connectivity index (χ0n) is 12.2. The van der Waals surface area contributed by atoms with Crippen LogP contribution in [0.3, 0.4) is 0 Å². The van der Waals surface area contributed by atoms with Crippen LogP contribution in [0.1, 0.15) is 13.8 Å². The van der Waals surface area contributed by atoms with Gasteiger partial charge in [0.15, 0.2) is 0 Å². The molecule has 0 saturated carbocycles. The Balaban J connectivity index is 1.76. The number of nitrogens with two attached hydrogens (primary N) is 1. The number of benzene rings is 1. The van der Waals surface area contributed by atoms with Gasteiger partial charge in [-0.15, -0.1) is 0 Å². The fourth-order valence-electron chi connectivity index (χ4n) is 1.64. The smallest absolute Gasteiger partial charge is 0.234 e. The van der Waals surface area contributed by atoms with E-state index >= 15 is 0 Å². The lowest BCUT2D eigenvalue weighted by Gasteiger charge is -2.11. The van der Waals surface area contributed by atoms with Crippen LogP contribution in [0.25, 0.3) is 0 Å². The second-order valence-corrected chi connectivity index (χ2v) is 4.75. The first-order valence-corrected chi connectivity index (χ1v) is 6.84. The van der Waals surface area contributed by atoms with Crippen molar-refractivity contribution in [1.29, 1.82) is 0 Å². The molecule has 0 unspecified atom stereocenters. The fourth-order valence-corrected chi connectivity index (χ4v) is 1.64. The number of hydrogen-bond donors (Lipinski definition) is 2. The van der Waals surface area contributed by atoms with Crippen LogP contribution in [0.15, 0.2) is 36.7 Å². The summed E-state index contributed by atoms with van der Waals surface area (Å²) >= 11 is 0. The zero-order chi connectivity index (χ0) is 15.1. The summed E-state index contributed by atoms with van der Waals surface area (Å²) in [4.78, 5) is 8.38. The molecule has 1 aromatic carbocycles. The Morgan fingerprint density at radius 1 is 1.19 bits per heavy atom. The first kappa shape index (κ1) is 14.9. The van der Waals surface area contributed by atoms with Crippen molar-refractivity contribution < 1.29 is 9.47 Å². The molecule has 0 aliphatic heterocycles. The molecule has 0 aliphatic carbocycles. The Morgan fingerprint density at radius 3 is 2.67 bits per heavy atom. The lowest BCUT2D eigenvalue weighted by atomic mass is 10.3. The number of aromatic nitrogens is 2. The van der Waals surface area contributed by atoms with Crippen LogP contribution in [0, 0.1) is 0 Å². The molecule has 3 N–H and O–H groups in total. The van der Waals surface area contributed by atoms with E-state index in [1.807, 2.05) is 26.0 Å². The van der Waals surface area contributed by atoms with Gasteiger partial charge in [-0.2, -0.15) is 4.98 Å². The van der Waals surface area contributed by atoms with Gasteiger partial charge in [0.25, 0.3) is 0 Å². The molecule has 0 spiro atoms. The van der Waals surface area contributed by atoms with E-state index in [-0.39, 0.29) is 6.10 Å². The van der Waals surface area contributed by atoms with Crippen molar-refractivity contribution in [3.05, 3.63) is 36.7 Å². The molecule has 0 amide bonds. The van der Waals surface area contributed by atoms with Gasteiger partial charge in [-0.3, -0.25) is 4.98 Å². The molecular weight excluding hydrogens is 268 g/mol. The topological polar surface area (TPSA) is 82.3 Å². The molecule has 0 fully saturated rings. The van der Waals surface area contributed by atoms with Crippen molar-refractivity contribution in [2.45, 2.75) is 20.0 Å². The highest BCUT2D eigenvalue weighted by atomic mass is 16.5. The minimum atomic E-state index is 0.0726. The van der Waals surface area contributed by atoms with Crippen LogP contribution in [0.5, 0.6) is 11.6 Å². The molecule has 2 rings (SSSR count). The van der Waals surface area contributed by atoms with Gasteiger partial charge in [0.1, 0.15) is 18.2 Å². The molecule has 0 atom stereocenters. The van der Waals surface area contributed by atoms with Crippen LogP contribution in [-0.4, -0.2) is 29.2 Å². The predicted molar refractivity (Wildman–Crippen MR) is 82.6 cm³/mol. The van der Waals surface area contributed by atoms with Crippen LogP contribution >= 0.6 is 0 Å². The number of anilines is 2. The standard InChI is InChI=1S/C15H20N4O2/c1-11(2)21-15-10-17-9-14(19-15)18-7-8-20-13-5-3-12(16)4-6-13/h3-6,9-11H,7-8,16H2,1-2H3,(H,18,19). The molecule has 6 nitrogen and oxygen atoms in total. The summed E-state index contributed by atoms with van der Waals surface area (Å²) < 4.78 is 11.1. The third-order valence-electron chi connectivity index (χ3n) is 2.53. The molecule has 2 aromatic rings. The Labute approximate surface area is 124 Å². The van der Waals surface area contributed by atoms with Crippen molar-refractivity contribution in [2.75, 3.05) is 24.2 Å². The molecule has 112 valence electrons. The van der Waals surface area contributed by atoms with Crippen LogP contribution in [-0.2, 0) is 0 Å². The van der Waals surface area contributed by atoms with Crippen LogP contribution in [0.2, 0.25) is 0 Å². The summed E-state index contributed by atoms with van der Waals surface area (Å²) in [6.45, 7) is 5.02. The van der Waals surface area contributed by atoms with Crippen molar-refractivity contribution in [1.82, 2.24) is 9.97 Å². The van der Waals surface area contributed by atoms with Gasteiger partial charge in [-0.05, 0) is 38.1 Å². The first-order chi connectivity index (χ1) is 10.1. The quantitative estimate of drug-likeness (QED) is 0.601. The maximum atomic E-state index is 5.61. The molecule has 1 heterocycles. The van der Waals surface area contributed by atoms with Gasteiger partial charge in [0.2, 0.25) is 5.88 Å². The Hall–Kier alpha value is -2.50. The lowest BCUT2D eigenvalue weighted by Crippen LogP contribution is -2.13. The summed E-state index contributed by atoms with van der Waals surface area (Å²) in [6, 6.07) is 7.29. The third-order valence-corrected chi connectivity index (χ3v) is 2.53. The molecule has 0 radical (unpaired) electrons. The second kappa shape index (κ2) is 7.33. The number of nitrogens with zero attached hydrogens (tertiary/aromatic N) is 2. The van der Waals surface area contributed by atoms with Crippen LogP contribution in [0.4, 0.5) is 11.5 Å². The lowest BCUT2D eigenvalue weighted by molar-refractivity contribution is 0.232. The van der Waals surface area contributed by atoms with Crippen molar-refractivity contribution in [3.8, 4) is 11.6 Å². The fraction of sp³-hybridized carbons (Fsp3) is 0.333. The second-order valence-electron chi connectivity index (χ2n) is 4.75. The molecule has 0 saturated heterocycles. The van der Waals surface area contributed by atoms with Crippen molar-refractivity contribution in [2.24, 2.45) is 0 Å². The Bertz CT molecular complexity index is 558. The summed E-state index contributed by atoms with van der Waals surface area (Å²) in [5.41, 5.74) is 6.33. The third kappa shape index (κ3) is 5.18. The molecular formula is C15H20N4O2. The van der Waals surface area contributed by atoms with Gasteiger partial charge in [0, 0.05) is 5.69 Å². The van der Waals surface area contributed by atoms with Crippen molar-refractivity contribution in [3.63, 3.8) is 0 Å². The normalized spacial score (nSPS) is 10.4. The highest BCUT2D eigenvalue weighted by Crippen LogP contribution is 2.13. The van der Waals surface area contributed by atoms with Gasteiger partial charge in [0.05, 0.1) is 25.0 Å². The maximum absolute atomic E-state index is 5.61. The summed E-state index contributed by atoms with van der Waals surface area (Å²) in [7, 11) is 0. The van der Waals surface area contributed by atoms with E-state index in [1.54, 1.807) is 24.5 Å². The summed E-state index contributed by atoms with van der Waals surface area (Å²) in [5.74, 6) is 1.96. The van der Waals surface area contributed by atoms with Gasteiger partial charge in [-0.1, -0.05) is 0 Å². The Kier molecular flexibility index (Phi) is 5.20. The first-order valence-electron chi connectivity index (χ1n) is 6.84. The molecule has 1 aromatic heterocycles. The van der Waals surface area contributed by atoms with Crippen molar-refractivity contribution >= 4 is 11.5 Å². The average molecular weight is 288 g/mol. The highest BCUT2D eigenvalue weighted by Gasteiger charge is 2.01. The molecule has 6 heteroatoms. The van der Waals surface area contributed by atoms with E-state index in [0.29, 0.717) is 24.8 Å². The van der Waals surface area contributed by atoms with Gasteiger partial charge in [-0.25, -0.2) is 0 Å². The average Bonchev–Trinajstić information content (AvgIpc) is 2.45. The van der Waals surface area contributed by atoms with Crippen LogP contribution < -0.4 is 20.5 Å². The minimum Gasteiger partial charge on any atom is -0.492 e. The Morgan fingerprint density at radius 2 is 1.95 bits per heavy atom. The zero-order valence-corrected chi connectivity index (χ0v) is 12.2.